The van der Waals surface area contributed by atoms with Gasteiger partial charge in [0.05, 0.1) is 5.52 Å². The van der Waals surface area contributed by atoms with Gasteiger partial charge in [0.2, 0.25) is 0 Å². The van der Waals surface area contributed by atoms with E-state index in [-0.39, 0.29) is 12.3 Å². The Morgan fingerprint density at radius 3 is 2.33 bits per heavy atom. The highest BCUT2D eigenvalue weighted by atomic mass is 16.6. The van der Waals surface area contributed by atoms with Crippen molar-refractivity contribution in [3.63, 3.8) is 0 Å². The van der Waals surface area contributed by atoms with Crippen LogP contribution < -0.4 is 0 Å². The van der Waals surface area contributed by atoms with Crippen molar-refractivity contribution in [2.75, 3.05) is 7.11 Å². The number of benzene rings is 1. The Bertz CT molecular complexity index is 1100. The number of carbonyl (C=O) groups excluding carboxylic acids is 2. The summed E-state index contributed by atoms with van der Waals surface area (Å²) < 4.78 is 12.0. The molecule has 0 aliphatic heterocycles. The Hall–Kier alpha value is -3.13. The fourth-order valence-corrected chi connectivity index (χ4v) is 3.27. The maximum Gasteiger partial charge on any atom is 0.328 e. The average Bonchev–Trinajstić information content (AvgIpc) is 3.00. The Morgan fingerprint density at radius 2 is 1.77 bits per heavy atom. The first-order valence-corrected chi connectivity index (χ1v) is 9.63. The number of methoxy groups -OCH3 is 1. The van der Waals surface area contributed by atoms with E-state index in [4.69, 9.17) is 9.47 Å². The third-order valence-electron chi connectivity index (χ3n) is 4.38. The summed E-state index contributed by atoms with van der Waals surface area (Å²) in [6.07, 6.45) is 3.45. The van der Waals surface area contributed by atoms with Gasteiger partial charge < -0.3 is 9.47 Å². The lowest BCUT2D eigenvalue weighted by Crippen LogP contribution is -2.27. The number of hydrogen-bond acceptors (Lipinski definition) is 7. The second-order valence-corrected chi connectivity index (χ2v) is 8.16. The normalized spacial score (nSPS) is 11.7. The number of nitrogens with zero attached hydrogens (tertiary/aromatic N) is 4. The molecule has 1 aromatic carbocycles. The molecule has 0 bridgehead atoms. The number of rotatable bonds is 6. The van der Waals surface area contributed by atoms with Crippen LogP contribution in [0.25, 0.3) is 22.0 Å². The molecular formula is C22H26N4O4. The van der Waals surface area contributed by atoms with Crippen molar-refractivity contribution in [2.24, 2.45) is 0 Å². The molecule has 0 aliphatic rings. The quantitative estimate of drug-likeness (QED) is 0.453. The standard InChI is InChI=1S/C22H26N4O4/c1-13-7-15(16-9-23-18(12-29-6)24-10-16)8-17-20(14(2)27)25-26(21(13)17)11-19(28)30-22(3,4)5/h7-10H,11-12H2,1-6H3. The summed E-state index contributed by atoms with van der Waals surface area (Å²) in [5.41, 5.74) is 3.01. The van der Waals surface area contributed by atoms with Crippen molar-refractivity contribution in [1.82, 2.24) is 19.7 Å². The molecule has 0 amide bonds. The molecule has 0 unspecified atom stereocenters. The van der Waals surface area contributed by atoms with Gasteiger partial charge in [0.25, 0.3) is 0 Å². The molecule has 8 nitrogen and oxygen atoms in total. The van der Waals surface area contributed by atoms with E-state index >= 15 is 0 Å². The Kier molecular flexibility index (Phi) is 5.98. The molecule has 0 saturated carbocycles. The summed E-state index contributed by atoms with van der Waals surface area (Å²) in [4.78, 5) is 33.2. The summed E-state index contributed by atoms with van der Waals surface area (Å²) >= 11 is 0. The van der Waals surface area contributed by atoms with E-state index in [0.29, 0.717) is 23.5 Å². The Morgan fingerprint density at radius 1 is 1.10 bits per heavy atom. The number of aryl methyl sites for hydroxylation is 1. The van der Waals surface area contributed by atoms with Gasteiger partial charge in [-0.2, -0.15) is 5.10 Å². The zero-order valence-corrected chi connectivity index (χ0v) is 18.1. The van der Waals surface area contributed by atoms with E-state index in [2.05, 4.69) is 15.1 Å². The lowest BCUT2D eigenvalue weighted by molar-refractivity contribution is -0.155. The van der Waals surface area contributed by atoms with E-state index in [9.17, 15) is 9.59 Å². The van der Waals surface area contributed by atoms with Crippen molar-refractivity contribution >= 4 is 22.7 Å². The summed E-state index contributed by atoms with van der Waals surface area (Å²) in [7, 11) is 1.59. The largest absolute Gasteiger partial charge is 0.459 e. The van der Waals surface area contributed by atoms with Gasteiger partial charge in [0.1, 0.15) is 24.4 Å². The zero-order chi connectivity index (χ0) is 22.1. The highest BCUT2D eigenvalue weighted by Crippen LogP contribution is 2.30. The second kappa shape index (κ2) is 8.31. The van der Waals surface area contributed by atoms with Crippen LogP contribution >= 0.6 is 0 Å². The number of aromatic nitrogens is 4. The van der Waals surface area contributed by atoms with Crippen LogP contribution in [0.2, 0.25) is 0 Å². The first kappa shape index (κ1) is 21.6. The van der Waals surface area contributed by atoms with Gasteiger partial charge in [0.15, 0.2) is 11.6 Å². The maximum atomic E-state index is 12.3. The fraction of sp³-hybridized carbons (Fsp3) is 0.409. The Labute approximate surface area is 175 Å². The number of carbonyl (C=O) groups is 2. The van der Waals surface area contributed by atoms with E-state index in [0.717, 1.165) is 22.2 Å². The van der Waals surface area contributed by atoms with Crippen LogP contribution in [0.5, 0.6) is 0 Å². The monoisotopic (exact) mass is 410 g/mol. The summed E-state index contributed by atoms with van der Waals surface area (Å²) in [5.74, 6) is 0.00690. The minimum atomic E-state index is -0.597. The SMILES string of the molecule is COCc1ncc(-c2cc(C)c3c(c2)c(C(C)=O)nn3CC(=O)OC(C)(C)C)cn1. The second-order valence-electron chi connectivity index (χ2n) is 8.16. The molecule has 3 aromatic rings. The predicted molar refractivity (Wildman–Crippen MR) is 112 cm³/mol. The smallest absolute Gasteiger partial charge is 0.328 e. The van der Waals surface area contributed by atoms with E-state index in [1.807, 2.05) is 39.8 Å². The van der Waals surface area contributed by atoms with E-state index in [1.165, 1.54) is 11.6 Å². The third kappa shape index (κ3) is 4.71. The minimum absolute atomic E-state index is 0.0734. The first-order chi connectivity index (χ1) is 14.1. The first-order valence-electron chi connectivity index (χ1n) is 9.63. The molecule has 0 fully saturated rings. The highest BCUT2D eigenvalue weighted by Gasteiger charge is 2.22. The van der Waals surface area contributed by atoms with Gasteiger partial charge >= 0.3 is 5.97 Å². The molecule has 0 spiro atoms. The molecule has 8 heteroatoms. The van der Waals surface area contributed by atoms with Crippen molar-refractivity contribution in [2.45, 2.75) is 53.4 Å². The molecule has 0 aliphatic carbocycles. The van der Waals surface area contributed by atoms with Crippen LogP contribution in [0, 0.1) is 6.92 Å². The molecule has 3 rings (SSSR count). The fourth-order valence-electron chi connectivity index (χ4n) is 3.27. The lowest BCUT2D eigenvalue weighted by Gasteiger charge is -2.19. The molecule has 0 atom stereocenters. The summed E-state index contributed by atoms with van der Waals surface area (Å²) in [5, 5.41) is 5.09. The average molecular weight is 410 g/mol. The molecule has 2 heterocycles. The molecule has 2 aromatic heterocycles. The van der Waals surface area contributed by atoms with Crippen molar-refractivity contribution < 1.29 is 19.1 Å². The Balaban J connectivity index is 2.06. The van der Waals surface area contributed by atoms with Crippen LogP contribution in [0.15, 0.2) is 24.5 Å². The number of Topliss-reactive ketones (excluding diaryl/α,β-unsaturated/α-hetero) is 1. The number of fused-ring (bicyclic) bond motifs is 1. The van der Waals surface area contributed by atoms with Crippen LogP contribution in [0.4, 0.5) is 0 Å². The number of ketones is 1. The van der Waals surface area contributed by atoms with E-state index in [1.54, 1.807) is 19.5 Å². The van der Waals surface area contributed by atoms with Crippen LogP contribution in [-0.2, 0) is 27.4 Å². The van der Waals surface area contributed by atoms with E-state index < -0.39 is 11.6 Å². The van der Waals surface area contributed by atoms with Gasteiger partial charge in [-0.15, -0.1) is 0 Å². The molecular weight excluding hydrogens is 384 g/mol. The van der Waals surface area contributed by atoms with Gasteiger partial charge in [-0.25, -0.2) is 9.97 Å². The third-order valence-corrected chi connectivity index (χ3v) is 4.38. The van der Waals surface area contributed by atoms with Gasteiger partial charge in [-0.05, 0) is 51.0 Å². The predicted octanol–water partition coefficient (Wildman–Crippen LogP) is 3.49. The summed E-state index contributed by atoms with van der Waals surface area (Å²) in [6, 6.07) is 3.85. The van der Waals surface area contributed by atoms with Crippen molar-refractivity contribution in [1.29, 1.82) is 0 Å². The molecule has 30 heavy (non-hydrogen) atoms. The molecule has 0 radical (unpaired) electrons. The zero-order valence-electron chi connectivity index (χ0n) is 18.1. The van der Waals surface area contributed by atoms with Crippen LogP contribution in [0.3, 0.4) is 0 Å². The maximum absolute atomic E-state index is 12.3. The molecule has 0 saturated heterocycles. The van der Waals surface area contributed by atoms with Gasteiger partial charge in [0, 0.05) is 37.4 Å². The highest BCUT2D eigenvalue weighted by molar-refractivity contribution is 6.06. The topological polar surface area (TPSA) is 96.2 Å². The lowest BCUT2D eigenvalue weighted by atomic mass is 10.0. The summed E-state index contributed by atoms with van der Waals surface area (Å²) in [6.45, 7) is 9.08. The van der Waals surface area contributed by atoms with Crippen molar-refractivity contribution in [3.05, 3.63) is 41.6 Å². The number of esters is 1. The number of hydrogen-bond donors (Lipinski definition) is 0. The minimum Gasteiger partial charge on any atom is -0.459 e. The molecule has 158 valence electrons. The van der Waals surface area contributed by atoms with Crippen LogP contribution in [-0.4, -0.2) is 44.2 Å². The van der Waals surface area contributed by atoms with Crippen molar-refractivity contribution in [3.8, 4) is 11.1 Å². The van der Waals surface area contributed by atoms with Gasteiger partial charge in [-0.1, -0.05) is 0 Å². The van der Waals surface area contributed by atoms with Gasteiger partial charge in [-0.3, -0.25) is 14.3 Å². The number of ether oxygens (including phenoxy) is 2. The van der Waals surface area contributed by atoms with Crippen LogP contribution in [0.1, 0.15) is 49.6 Å². The molecule has 0 N–H and O–H groups in total.